The molecule has 1 rings (SSSR count). The zero-order chi connectivity index (χ0) is 13.1. The molecule has 0 aromatic carbocycles. The van der Waals surface area contributed by atoms with Gasteiger partial charge in [-0.15, -0.1) is 0 Å². The molecule has 0 spiro atoms. The SMILES string of the molecule is CCOC(=O)C1CCC(O[SiH-](C)(C)C)=C(F)C1. The topological polar surface area (TPSA) is 35.5 Å². The van der Waals surface area contributed by atoms with Crippen LogP contribution in [0.2, 0.25) is 19.6 Å². The van der Waals surface area contributed by atoms with Crippen molar-refractivity contribution in [3.05, 3.63) is 11.6 Å². The summed E-state index contributed by atoms with van der Waals surface area (Å²) in [7, 11) is -2.04. The summed E-state index contributed by atoms with van der Waals surface area (Å²) in [5.74, 6) is -0.448. The van der Waals surface area contributed by atoms with Gasteiger partial charge in [-0.25, -0.2) is 0 Å². The van der Waals surface area contributed by atoms with E-state index >= 15 is 0 Å². The summed E-state index contributed by atoms with van der Waals surface area (Å²) >= 11 is 0. The molecule has 0 aliphatic heterocycles. The van der Waals surface area contributed by atoms with E-state index in [1.807, 2.05) is 19.6 Å². The normalized spacial score (nSPS) is 22.3. The maximum absolute atomic E-state index is 13.8. The third-order valence-electron chi connectivity index (χ3n) is 2.56. The molecule has 100 valence electrons. The number of halogens is 1. The average molecular weight is 261 g/mol. The number of ether oxygens (including phenoxy) is 1. The van der Waals surface area contributed by atoms with Crippen LogP contribution in [0.4, 0.5) is 4.39 Å². The molecule has 0 radical (unpaired) electrons. The molecule has 3 nitrogen and oxygen atoms in total. The van der Waals surface area contributed by atoms with Crippen LogP contribution in [0.5, 0.6) is 0 Å². The summed E-state index contributed by atoms with van der Waals surface area (Å²) in [5, 5.41) is 0. The number of carbonyl (C=O) groups is 1. The van der Waals surface area contributed by atoms with E-state index in [1.54, 1.807) is 6.92 Å². The second-order valence-electron chi connectivity index (χ2n) is 5.58. The second kappa shape index (κ2) is 5.66. The Morgan fingerprint density at radius 3 is 2.59 bits per heavy atom. The number of carbonyl (C=O) groups excluding carboxylic acids is 1. The first-order chi connectivity index (χ1) is 7.83. The van der Waals surface area contributed by atoms with Crippen LogP contribution >= 0.6 is 0 Å². The zero-order valence-corrected chi connectivity index (χ0v) is 12.2. The van der Waals surface area contributed by atoms with Crippen molar-refractivity contribution in [1.82, 2.24) is 0 Å². The Kier molecular flexibility index (Phi) is 4.74. The van der Waals surface area contributed by atoms with Gasteiger partial charge in [0, 0.05) is 0 Å². The van der Waals surface area contributed by atoms with Gasteiger partial charge in [-0.1, -0.05) is 0 Å². The molecule has 0 fully saturated rings. The Morgan fingerprint density at radius 2 is 2.12 bits per heavy atom. The zero-order valence-electron chi connectivity index (χ0n) is 11.1. The maximum atomic E-state index is 13.8. The van der Waals surface area contributed by atoms with Crippen molar-refractivity contribution in [2.45, 2.75) is 45.8 Å². The van der Waals surface area contributed by atoms with E-state index in [0.29, 0.717) is 25.2 Å². The predicted octanol–water partition coefficient (Wildman–Crippen LogP) is 3.11. The van der Waals surface area contributed by atoms with Gasteiger partial charge in [0.1, 0.15) is 0 Å². The Morgan fingerprint density at radius 1 is 1.47 bits per heavy atom. The van der Waals surface area contributed by atoms with E-state index in [2.05, 4.69) is 0 Å². The molecule has 0 aromatic heterocycles. The Bertz CT molecular complexity index is 320. The second-order valence-corrected chi connectivity index (χ2v) is 10.7. The van der Waals surface area contributed by atoms with E-state index in [1.165, 1.54) is 0 Å². The molecule has 1 aliphatic carbocycles. The van der Waals surface area contributed by atoms with Crippen molar-refractivity contribution >= 4 is 14.3 Å². The predicted molar refractivity (Wildman–Crippen MR) is 67.9 cm³/mol. The van der Waals surface area contributed by atoms with Crippen molar-refractivity contribution < 1.29 is 18.3 Å². The van der Waals surface area contributed by atoms with Crippen LogP contribution in [0, 0.1) is 5.92 Å². The van der Waals surface area contributed by atoms with E-state index < -0.39 is 8.32 Å². The summed E-state index contributed by atoms with van der Waals surface area (Å²) in [6, 6.07) is 0. The third-order valence-corrected chi connectivity index (χ3v) is 3.56. The number of allylic oxidation sites excluding steroid dienone is 2. The summed E-state index contributed by atoms with van der Waals surface area (Å²) in [6.07, 6.45) is 1.26. The Hall–Kier alpha value is -0.843. The first-order valence-corrected chi connectivity index (χ1v) is 10.3. The minimum absolute atomic E-state index is 0.128. The summed E-state index contributed by atoms with van der Waals surface area (Å²) in [6.45, 7) is 8.24. The molecule has 0 saturated carbocycles. The first kappa shape index (κ1) is 14.2. The van der Waals surface area contributed by atoms with Gasteiger partial charge >= 0.3 is 103 Å². The molecule has 5 heteroatoms. The molecular formula is C12H22FO3Si-. The van der Waals surface area contributed by atoms with Crippen LogP contribution in [-0.4, -0.2) is 20.9 Å². The van der Waals surface area contributed by atoms with Gasteiger partial charge in [-0.05, 0) is 0 Å². The van der Waals surface area contributed by atoms with Gasteiger partial charge in [0.15, 0.2) is 0 Å². The van der Waals surface area contributed by atoms with Gasteiger partial charge in [-0.2, -0.15) is 0 Å². The fourth-order valence-electron chi connectivity index (χ4n) is 1.88. The van der Waals surface area contributed by atoms with Crippen molar-refractivity contribution in [3.8, 4) is 0 Å². The van der Waals surface area contributed by atoms with E-state index in [4.69, 9.17) is 9.16 Å². The van der Waals surface area contributed by atoms with Crippen molar-refractivity contribution in [3.63, 3.8) is 0 Å². The minimum atomic E-state index is -2.04. The molecule has 0 N–H and O–H groups in total. The molecule has 0 aromatic rings. The molecular weight excluding hydrogens is 239 g/mol. The van der Waals surface area contributed by atoms with Crippen LogP contribution in [0.25, 0.3) is 0 Å². The van der Waals surface area contributed by atoms with Crippen molar-refractivity contribution in [2.75, 3.05) is 6.61 Å². The molecule has 0 amide bonds. The average Bonchev–Trinajstić information content (AvgIpc) is 2.19. The number of hydrogen-bond acceptors (Lipinski definition) is 3. The number of rotatable bonds is 4. The molecule has 1 aliphatic rings. The van der Waals surface area contributed by atoms with E-state index in [9.17, 15) is 9.18 Å². The molecule has 1 unspecified atom stereocenters. The van der Waals surface area contributed by atoms with Crippen LogP contribution in [0.1, 0.15) is 26.2 Å². The molecule has 17 heavy (non-hydrogen) atoms. The third kappa shape index (κ3) is 4.50. The van der Waals surface area contributed by atoms with Gasteiger partial charge < -0.3 is 0 Å². The Labute approximate surface area is 103 Å². The fraction of sp³-hybridized carbons (Fsp3) is 0.750. The van der Waals surface area contributed by atoms with Crippen molar-refractivity contribution in [2.24, 2.45) is 5.92 Å². The molecule has 0 saturated heterocycles. The van der Waals surface area contributed by atoms with Gasteiger partial charge in [0.05, 0.1) is 0 Å². The number of hydrogen-bond donors (Lipinski definition) is 0. The van der Waals surface area contributed by atoms with Crippen LogP contribution in [-0.2, 0) is 14.0 Å². The first-order valence-electron chi connectivity index (χ1n) is 6.33. The van der Waals surface area contributed by atoms with Crippen molar-refractivity contribution in [1.29, 1.82) is 0 Å². The molecule has 0 heterocycles. The van der Waals surface area contributed by atoms with E-state index in [-0.39, 0.29) is 24.1 Å². The van der Waals surface area contributed by atoms with Gasteiger partial charge in [0.2, 0.25) is 0 Å². The number of esters is 1. The molecule has 1 atom stereocenters. The summed E-state index contributed by atoms with van der Waals surface area (Å²) < 4.78 is 24.4. The summed E-state index contributed by atoms with van der Waals surface area (Å²) in [4.78, 5) is 11.5. The van der Waals surface area contributed by atoms with Crippen LogP contribution in [0.3, 0.4) is 0 Å². The summed E-state index contributed by atoms with van der Waals surface area (Å²) in [5.41, 5.74) is 0. The van der Waals surface area contributed by atoms with Crippen LogP contribution in [0.15, 0.2) is 11.6 Å². The Balaban J connectivity index is 2.62. The standard InChI is InChI=1S/C12H22FO3Si/c1-5-15-12(14)9-6-7-11(10(13)8-9)16-17(2,3)4/h9,17H,5-8H2,1-4H3/q-1. The van der Waals surface area contributed by atoms with Gasteiger partial charge in [-0.3, -0.25) is 0 Å². The fourth-order valence-corrected chi connectivity index (χ4v) is 2.98. The molecule has 0 bridgehead atoms. The van der Waals surface area contributed by atoms with Gasteiger partial charge in [0.25, 0.3) is 0 Å². The van der Waals surface area contributed by atoms with Crippen LogP contribution < -0.4 is 0 Å². The quantitative estimate of drug-likeness (QED) is 0.576. The monoisotopic (exact) mass is 261 g/mol. The van der Waals surface area contributed by atoms with E-state index in [0.717, 1.165) is 0 Å².